The fourth-order valence-corrected chi connectivity index (χ4v) is 3.67. The number of rotatable bonds is 6. The molecule has 33 heavy (non-hydrogen) atoms. The van der Waals surface area contributed by atoms with E-state index in [4.69, 9.17) is 4.74 Å². The molecule has 3 rings (SSSR count). The van der Waals surface area contributed by atoms with Gasteiger partial charge in [-0.2, -0.15) is 0 Å². The minimum absolute atomic E-state index is 0.0120. The standard InChI is InChI=1S/C24H31N5O4/c1-16-11-29(17(2)14-30)24(32)21-7-19(6-5-18(3)31)10-27-23(21)33-22(16)13-28(4)12-20-8-25-15-26-9-20/h7-10,15-18,22,30-31H,11-14H2,1-4H3/t16-,17-,18-,22-/m0/s1. The molecule has 9 heteroatoms. The monoisotopic (exact) mass is 453 g/mol. The first kappa shape index (κ1) is 24.6. The van der Waals surface area contributed by atoms with E-state index in [1.54, 1.807) is 30.3 Å². The number of nitrogens with zero attached hydrogens (tertiary/aromatic N) is 5. The van der Waals surface area contributed by atoms with Crippen LogP contribution in [0.5, 0.6) is 5.88 Å². The second-order valence-corrected chi connectivity index (χ2v) is 8.59. The van der Waals surface area contributed by atoms with Crippen LogP contribution in [0.3, 0.4) is 0 Å². The Morgan fingerprint density at radius 1 is 1.30 bits per heavy atom. The van der Waals surface area contributed by atoms with Gasteiger partial charge in [-0.05, 0) is 27.0 Å². The highest BCUT2D eigenvalue weighted by molar-refractivity contribution is 5.97. The Balaban J connectivity index is 1.91. The van der Waals surface area contributed by atoms with Crippen molar-refractivity contribution in [2.45, 2.75) is 45.6 Å². The molecular formula is C24H31N5O4. The third-order valence-corrected chi connectivity index (χ3v) is 5.50. The van der Waals surface area contributed by atoms with Crippen molar-refractivity contribution in [3.63, 3.8) is 0 Å². The average Bonchev–Trinajstić information content (AvgIpc) is 2.80. The lowest BCUT2D eigenvalue weighted by atomic mass is 9.99. The maximum absolute atomic E-state index is 13.4. The lowest BCUT2D eigenvalue weighted by Crippen LogP contribution is -2.49. The third-order valence-electron chi connectivity index (χ3n) is 5.50. The Morgan fingerprint density at radius 3 is 2.70 bits per heavy atom. The molecule has 4 atom stereocenters. The molecule has 3 heterocycles. The van der Waals surface area contributed by atoms with Crippen LogP contribution in [0.25, 0.3) is 0 Å². The van der Waals surface area contributed by atoms with Crippen LogP contribution in [0, 0.1) is 17.8 Å². The van der Waals surface area contributed by atoms with Crippen molar-refractivity contribution >= 4 is 5.91 Å². The number of aromatic nitrogens is 3. The van der Waals surface area contributed by atoms with Crippen molar-refractivity contribution in [2.75, 3.05) is 26.7 Å². The van der Waals surface area contributed by atoms with Crippen LogP contribution in [-0.4, -0.2) is 85.9 Å². The molecule has 2 aromatic heterocycles. The van der Waals surface area contributed by atoms with Gasteiger partial charge in [0.1, 0.15) is 24.1 Å². The summed E-state index contributed by atoms with van der Waals surface area (Å²) in [5.74, 6) is 5.46. The maximum atomic E-state index is 13.4. The quantitative estimate of drug-likeness (QED) is 0.622. The number of ether oxygens (including phenoxy) is 1. The Morgan fingerprint density at radius 2 is 2.03 bits per heavy atom. The fraction of sp³-hybridized carbons (Fsp3) is 0.500. The topological polar surface area (TPSA) is 112 Å². The summed E-state index contributed by atoms with van der Waals surface area (Å²) in [6.07, 6.45) is 5.56. The van der Waals surface area contributed by atoms with Crippen molar-refractivity contribution in [1.29, 1.82) is 0 Å². The summed E-state index contributed by atoms with van der Waals surface area (Å²) >= 11 is 0. The van der Waals surface area contributed by atoms with E-state index in [0.717, 1.165) is 5.56 Å². The van der Waals surface area contributed by atoms with Gasteiger partial charge in [0.15, 0.2) is 0 Å². The molecule has 0 bridgehead atoms. The maximum Gasteiger partial charge on any atom is 0.259 e. The fourth-order valence-electron chi connectivity index (χ4n) is 3.67. The summed E-state index contributed by atoms with van der Waals surface area (Å²) in [6.45, 7) is 6.93. The van der Waals surface area contributed by atoms with E-state index in [0.29, 0.717) is 30.8 Å². The van der Waals surface area contributed by atoms with Crippen LogP contribution >= 0.6 is 0 Å². The summed E-state index contributed by atoms with van der Waals surface area (Å²) in [7, 11) is 1.99. The van der Waals surface area contributed by atoms with E-state index in [9.17, 15) is 15.0 Å². The molecule has 0 aromatic carbocycles. The first-order valence-corrected chi connectivity index (χ1v) is 11.0. The van der Waals surface area contributed by atoms with Crippen LogP contribution in [0.1, 0.15) is 42.3 Å². The SMILES string of the molecule is C[C@H](O)C#Cc1cnc2c(c1)C(=O)N([C@@H](C)CO)C[C@H](C)[C@H](CN(C)Cc1cncnc1)O2. The largest absolute Gasteiger partial charge is 0.472 e. The molecule has 0 radical (unpaired) electrons. The minimum Gasteiger partial charge on any atom is -0.472 e. The van der Waals surface area contributed by atoms with Crippen LogP contribution in [0.4, 0.5) is 0 Å². The predicted octanol–water partition coefficient (Wildman–Crippen LogP) is 0.956. The van der Waals surface area contributed by atoms with Gasteiger partial charge in [0, 0.05) is 55.3 Å². The van der Waals surface area contributed by atoms with Crippen LogP contribution in [0.15, 0.2) is 31.0 Å². The van der Waals surface area contributed by atoms with E-state index >= 15 is 0 Å². The van der Waals surface area contributed by atoms with Crippen molar-refractivity contribution in [3.8, 4) is 17.7 Å². The number of fused-ring (bicyclic) bond motifs is 1. The van der Waals surface area contributed by atoms with Gasteiger partial charge in [-0.1, -0.05) is 18.8 Å². The van der Waals surface area contributed by atoms with E-state index in [2.05, 4.69) is 31.7 Å². The average molecular weight is 454 g/mol. The first-order valence-electron chi connectivity index (χ1n) is 11.0. The van der Waals surface area contributed by atoms with Gasteiger partial charge >= 0.3 is 0 Å². The zero-order valence-corrected chi connectivity index (χ0v) is 19.5. The highest BCUT2D eigenvalue weighted by atomic mass is 16.5. The molecule has 0 saturated heterocycles. The van der Waals surface area contributed by atoms with E-state index < -0.39 is 6.10 Å². The van der Waals surface area contributed by atoms with E-state index in [1.165, 1.54) is 12.5 Å². The lowest BCUT2D eigenvalue weighted by Gasteiger charge is -2.37. The number of pyridine rings is 1. The summed E-state index contributed by atoms with van der Waals surface area (Å²) in [5, 5.41) is 19.2. The van der Waals surface area contributed by atoms with Gasteiger partial charge in [0.05, 0.1) is 12.6 Å². The second-order valence-electron chi connectivity index (χ2n) is 8.59. The van der Waals surface area contributed by atoms with E-state index in [-0.39, 0.29) is 36.5 Å². The van der Waals surface area contributed by atoms with Crippen molar-refractivity contribution < 1.29 is 19.7 Å². The molecule has 1 amide bonds. The Bertz CT molecular complexity index is 1000. The summed E-state index contributed by atoms with van der Waals surface area (Å²) < 4.78 is 6.28. The molecule has 2 aromatic rings. The molecule has 176 valence electrons. The van der Waals surface area contributed by atoms with Crippen molar-refractivity contribution in [1.82, 2.24) is 24.8 Å². The number of hydrogen-bond acceptors (Lipinski definition) is 8. The zero-order chi connectivity index (χ0) is 24.0. The normalized spacial score (nSPS) is 20.1. The number of amides is 1. The van der Waals surface area contributed by atoms with Gasteiger partial charge in [0.25, 0.3) is 5.91 Å². The van der Waals surface area contributed by atoms with Gasteiger partial charge in [-0.3, -0.25) is 9.69 Å². The molecule has 0 spiro atoms. The Kier molecular flexibility index (Phi) is 8.33. The molecule has 0 saturated carbocycles. The highest BCUT2D eigenvalue weighted by Crippen LogP contribution is 2.27. The van der Waals surface area contributed by atoms with Crippen molar-refractivity contribution in [3.05, 3.63) is 47.7 Å². The second kappa shape index (κ2) is 11.2. The van der Waals surface area contributed by atoms with Gasteiger partial charge < -0.3 is 19.8 Å². The molecule has 0 fully saturated rings. The number of likely N-dealkylation sites (N-methyl/N-ethyl adjacent to an activating group) is 1. The van der Waals surface area contributed by atoms with Crippen LogP contribution in [0.2, 0.25) is 0 Å². The third kappa shape index (κ3) is 6.48. The molecule has 1 aliphatic rings. The summed E-state index contributed by atoms with van der Waals surface area (Å²) in [4.78, 5) is 29.7. The first-order chi connectivity index (χ1) is 15.8. The lowest BCUT2D eigenvalue weighted by molar-refractivity contribution is 0.0325. The zero-order valence-electron chi connectivity index (χ0n) is 19.5. The number of hydrogen-bond donors (Lipinski definition) is 2. The minimum atomic E-state index is -0.791. The Labute approximate surface area is 194 Å². The van der Waals surface area contributed by atoms with Crippen LogP contribution < -0.4 is 4.74 Å². The predicted molar refractivity (Wildman–Crippen MR) is 122 cm³/mol. The van der Waals surface area contributed by atoms with Gasteiger partial charge in [0.2, 0.25) is 5.88 Å². The molecular weight excluding hydrogens is 422 g/mol. The summed E-state index contributed by atoms with van der Waals surface area (Å²) in [6, 6.07) is 1.27. The number of carbonyl (C=O) groups excluding carboxylic acids is 1. The number of aliphatic hydroxyl groups excluding tert-OH is 2. The molecule has 9 nitrogen and oxygen atoms in total. The number of aliphatic hydroxyl groups is 2. The van der Waals surface area contributed by atoms with Crippen molar-refractivity contribution in [2.24, 2.45) is 5.92 Å². The molecule has 2 N–H and O–H groups in total. The smallest absolute Gasteiger partial charge is 0.259 e. The highest BCUT2D eigenvalue weighted by Gasteiger charge is 2.34. The molecule has 1 aliphatic heterocycles. The number of carbonyl (C=O) groups is 1. The van der Waals surface area contributed by atoms with Gasteiger partial charge in [-0.15, -0.1) is 0 Å². The van der Waals surface area contributed by atoms with E-state index in [1.807, 2.05) is 20.9 Å². The van der Waals surface area contributed by atoms with Gasteiger partial charge in [-0.25, -0.2) is 15.0 Å². The molecule has 0 aliphatic carbocycles. The van der Waals surface area contributed by atoms with Crippen LogP contribution in [-0.2, 0) is 6.54 Å². The summed E-state index contributed by atoms with van der Waals surface area (Å²) in [5.41, 5.74) is 1.79. The molecule has 0 unspecified atom stereocenters. The Hall–Kier alpha value is -3.06.